The van der Waals surface area contributed by atoms with Crippen molar-refractivity contribution >= 4 is 11.8 Å². The van der Waals surface area contributed by atoms with E-state index in [1.54, 1.807) is 26.0 Å². The highest BCUT2D eigenvalue weighted by atomic mass is 16.6. The van der Waals surface area contributed by atoms with Gasteiger partial charge in [-0.1, -0.05) is 12.5 Å². The number of anilines is 1. The Hall–Kier alpha value is -1.79. The van der Waals surface area contributed by atoms with E-state index in [1.807, 2.05) is 0 Å². The Morgan fingerprint density at radius 1 is 1.41 bits per heavy atom. The number of amides is 1. The second-order valence-electron chi connectivity index (χ2n) is 5.86. The zero-order valence-electron chi connectivity index (χ0n) is 13.0. The number of benzene rings is 1. The van der Waals surface area contributed by atoms with Crippen LogP contribution in [0.4, 0.5) is 10.5 Å². The summed E-state index contributed by atoms with van der Waals surface area (Å²) < 4.78 is 4.99. The van der Waals surface area contributed by atoms with Gasteiger partial charge >= 0.3 is 6.09 Å². The van der Waals surface area contributed by atoms with E-state index in [0.717, 1.165) is 25.8 Å². The van der Waals surface area contributed by atoms with E-state index < -0.39 is 12.2 Å². The van der Waals surface area contributed by atoms with Gasteiger partial charge in [0.05, 0.1) is 17.9 Å². The number of aromatic hydroxyl groups is 1. The minimum Gasteiger partial charge on any atom is -0.506 e. The highest BCUT2D eigenvalue weighted by Gasteiger charge is 2.23. The Labute approximate surface area is 130 Å². The normalized spacial score (nSPS) is 19.7. The summed E-state index contributed by atoms with van der Waals surface area (Å²) in [5.74, 6) is -0.0618. The van der Waals surface area contributed by atoms with E-state index in [1.165, 1.54) is 6.07 Å². The van der Waals surface area contributed by atoms with Crippen molar-refractivity contribution in [3.8, 4) is 5.75 Å². The summed E-state index contributed by atoms with van der Waals surface area (Å²) in [6.45, 7) is 4.38. The fourth-order valence-electron chi connectivity index (χ4n) is 2.57. The number of nitrogens with one attached hydrogen (secondary N) is 2. The molecule has 1 fully saturated rings. The first kappa shape index (κ1) is 16.6. The molecular weight excluding hydrogens is 284 g/mol. The smallest absolute Gasteiger partial charge is 0.411 e. The lowest BCUT2D eigenvalue weighted by molar-refractivity contribution is 0.114. The summed E-state index contributed by atoms with van der Waals surface area (Å²) in [5, 5.41) is 26.1. The van der Waals surface area contributed by atoms with Crippen molar-refractivity contribution in [3.05, 3.63) is 23.8 Å². The van der Waals surface area contributed by atoms with E-state index in [9.17, 15) is 15.0 Å². The molecule has 0 spiro atoms. The van der Waals surface area contributed by atoms with Crippen LogP contribution < -0.4 is 10.6 Å². The first-order chi connectivity index (χ1) is 10.5. The lowest BCUT2D eigenvalue weighted by Gasteiger charge is -2.28. The van der Waals surface area contributed by atoms with Gasteiger partial charge in [-0.15, -0.1) is 0 Å². The molecule has 0 radical (unpaired) electrons. The molecule has 1 aromatic carbocycles. The maximum atomic E-state index is 11.6. The van der Waals surface area contributed by atoms with Crippen LogP contribution in [0.1, 0.15) is 44.8 Å². The Kier molecular flexibility index (Phi) is 5.63. The van der Waals surface area contributed by atoms with Gasteiger partial charge in [0.1, 0.15) is 5.75 Å². The van der Waals surface area contributed by atoms with Crippen molar-refractivity contribution in [1.82, 2.24) is 5.32 Å². The molecule has 0 aliphatic carbocycles. The number of phenolic OH excluding ortho intramolecular Hbond substituents is 1. The third-order valence-corrected chi connectivity index (χ3v) is 3.67. The predicted octanol–water partition coefficient (Wildman–Crippen LogP) is 2.52. The maximum absolute atomic E-state index is 11.6. The van der Waals surface area contributed by atoms with E-state index in [0.29, 0.717) is 5.56 Å². The number of ether oxygens (including phenoxy) is 1. The van der Waals surface area contributed by atoms with Crippen molar-refractivity contribution < 1.29 is 19.7 Å². The van der Waals surface area contributed by atoms with Gasteiger partial charge in [-0.3, -0.25) is 5.32 Å². The van der Waals surface area contributed by atoms with Gasteiger partial charge in [0, 0.05) is 6.04 Å². The molecule has 6 nitrogen and oxygen atoms in total. The number of rotatable bonds is 4. The number of aliphatic hydroxyl groups excluding tert-OH is 1. The number of piperidine rings is 1. The number of hydrogen-bond donors (Lipinski definition) is 4. The molecule has 1 aromatic rings. The second-order valence-corrected chi connectivity index (χ2v) is 5.86. The summed E-state index contributed by atoms with van der Waals surface area (Å²) in [4.78, 5) is 11.6. The third kappa shape index (κ3) is 4.35. The highest BCUT2D eigenvalue weighted by molar-refractivity contribution is 5.86. The summed E-state index contributed by atoms with van der Waals surface area (Å²) in [7, 11) is 0. The van der Waals surface area contributed by atoms with Gasteiger partial charge in [-0.2, -0.15) is 0 Å². The van der Waals surface area contributed by atoms with Crippen LogP contribution in [0, 0.1) is 0 Å². The van der Waals surface area contributed by atoms with Gasteiger partial charge in [0.15, 0.2) is 0 Å². The number of phenols is 1. The minimum absolute atomic E-state index is 0.00578. The summed E-state index contributed by atoms with van der Waals surface area (Å²) in [6, 6.07) is 4.70. The zero-order valence-corrected chi connectivity index (χ0v) is 13.0. The molecule has 2 atom stereocenters. The lowest BCUT2D eigenvalue weighted by Crippen LogP contribution is -2.38. The molecule has 22 heavy (non-hydrogen) atoms. The van der Waals surface area contributed by atoms with Gasteiger partial charge in [-0.05, 0) is 50.9 Å². The van der Waals surface area contributed by atoms with Crippen LogP contribution in [-0.2, 0) is 4.74 Å². The largest absolute Gasteiger partial charge is 0.506 e. The number of carbonyl (C=O) groups excluding carboxylic acids is 1. The summed E-state index contributed by atoms with van der Waals surface area (Å²) >= 11 is 0. The second kappa shape index (κ2) is 7.47. The number of carbonyl (C=O) groups is 1. The van der Waals surface area contributed by atoms with Gasteiger partial charge in [-0.25, -0.2) is 4.79 Å². The molecule has 122 valence electrons. The third-order valence-electron chi connectivity index (χ3n) is 3.67. The number of hydrogen-bond acceptors (Lipinski definition) is 5. The molecule has 1 aliphatic heterocycles. The van der Waals surface area contributed by atoms with Crippen molar-refractivity contribution in [3.63, 3.8) is 0 Å². The molecule has 1 amide bonds. The number of aliphatic hydroxyl groups is 1. The Morgan fingerprint density at radius 2 is 2.18 bits per heavy atom. The Morgan fingerprint density at radius 3 is 2.82 bits per heavy atom. The quantitative estimate of drug-likeness (QED) is 0.642. The minimum atomic E-state index is -0.678. The maximum Gasteiger partial charge on any atom is 0.411 e. The van der Waals surface area contributed by atoms with Crippen LogP contribution in [0.5, 0.6) is 5.75 Å². The van der Waals surface area contributed by atoms with Crippen molar-refractivity contribution in [2.45, 2.75) is 51.4 Å². The molecule has 2 unspecified atom stereocenters. The van der Waals surface area contributed by atoms with Crippen LogP contribution >= 0.6 is 0 Å². The van der Waals surface area contributed by atoms with E-state index in [2.05, 4.69) is 10.6 Å². The van der Waals surface area contributed by atoms with Crippen LogP contribution in [-0.4, -0.2) is 35.0 Å². The SMILES string of the molecule is CC(C)OC(=O)Nc1cc(C(O)C2CCCCN2)ccc1O. The van der Waals surface area contributed by atoms with Crippen LogP contribution in [0.25, 0.3) is 0 Å². The van der Waals surface area contributed by atoms with Crippen molar-refractivity contribution in [2.24, 2.45) is 0 Å². The molecule has 0 saturated carbocycles. The first-order valence-electron chi connectivity index (χ1n) is 7.69. The van der Waals surface area contributed by atoms with Crippen LogP contribution in [0.2, 0.25) is 0 Å². The monoisotopic (exact) mass is 308 g/mol. The predicted molar refractivity (Wildman–Crippen MR) is 83.9 cm³/mol. The first-order valence-corrected chi connectivity index (χ1v) is 7.69. The van der Waals surface area contributed by atoms with Crippen molar-refractivity contribution in [2.75, 3.05) is 11.9 Å². The fourth-order valence-corrected chi connectivity index (χ4v) is 2.57. The molecule has 6 heteroatoms. The Bertz CT molecular complexity index is 513. The lowest BCUT2D eigenvalue weighted by atomic mass is 9.94. The zero-order chi connectivity index (χ0) is 16.1. The molecule has 0 bridgehead atoms. The van der Waals surface area contributed by atoms with E-state index in [4.69, 9.17) is 4.74 Å². The fraction of sp³-hybridized carbons (Fsp3) is 0.562. The van der Waals surface area contributed by atoms with Gasteiger partial charge < -0.3 is 20.3 Å². The van der Waals surface area contributed by atoms with Crippen molar-refractivity contribution in [1.29, 1.82) is 0 Å². The topological polar surface area (TPSA) is 90.8 Å². The van der Waals surface area contributed by atoms with Crippen LogP contribution in [0.15, 0.2) is 18.2 Å². The summed E-state index contributed by atoms with van der Waals surface area (Å²) in [5.41, 5.74) is 0.884. The Balaban J connectivity index is 2.10. The molecule has 1 saturated heterocycles. The molecule has 4 N–H and O–H groups in total. The van der Waals surface area contributed by atoms with Gasteiger partial charge in [0.2, 0.25) is 0 Å². The highest BCUT2D eigenvalue weighted by Crippen LogP contribution is 2.30. The van der Waals surface area contributed by atoms with Gasteiger partial charge in [0.25, 0.3) is 0 Å². The molecule has 1 aliphatic rings. The molecule has 2 rings (SSSR count). The molecule has 1 heterocycles. The van der Waals surface area contributed by atoms with E-state index in [-0.39, 0.29) is 23.6 Å². The molecule has 0 aromatic heterocycles. The van der Waals surface area contributed by atoms with E-state index >= 15 is 0 Å². The average molecular weight is 308 g/mol. The van der Waals surface area contributed by atoms with Crippen LogP contribution in [0.3, 0.4) is 0 Å². The summed E-state index contributed by atoms with van der Waals surface area (Å²) in [6.07, 6.45) is 1.54. The average Bonchev–Trinajstić information content (AvgIpc) is 2.49. The molecular formula is C16H24N2O4. The standard InChI is InChI=1S/C16H24N2O4/c1-10(2)22-16(21)18-13-9-11(6-7-14(13)19)15(20)12-5-3-4-8-17-12/h6-7,9-10,12,15,17,19-20H,3-5,8H2,1-2H3,(H,18,21).